The fraction of sp³-hybridized carbons (Fsp3) is 0.611. The van der Waals surface area contributed by atoms with Crippen molar-refractivity contribution in [3.05, 3.63) is 35.9 Å². The lowest BCUT2D eigenvalue weighted by Gasteiger charge is -2.40. The van der Waals surface area contributed by atoms with Crippen LogP contribution in [0.5, 0.6) is 0 Å². The molecule has 0 radical (unpaired) electrons. The molecule has 1 saturated heterocycles. The zero-order valence-electron chi connectivity index (χ0n) is 13.1. The molecule has 1 aromatic rings. The number of rotatable bonds is 6. The van der Waals surface area contributed by atoms with Crippen LogP contribution < -0.4 is 0 Å². The molecule has 0 aromatic heterocycles. The van der Waals surface area contributed by atoms with Gasteiger partial charge in [-0.05, 0) is 43.1 Å². The van der Waals surface area contributed by atoms with Crippen molar-refractivity contribution in [2.75, 3.05) is 19.7 Å². The average molecular weight is 289 g/mol. The molecule has 1 amide bonds. The van der Waals surface area contributed by atoms with Gasteiger partial charge in [0.25, 0.3) is 0 Å². The summed E-state index contributed by atoms with van der Waals surface area (Å²) in [6, 6.07) is 10.3. The highest BCUT2D eigenvalue weighted by atomic mass is 16.3. The molecule has 0 spiro atoms. The first-order valence-electron chi connectivity index (χ1n) is 8.12. The number of benzene rings is 1. The molecular weight excluding hydrogens is 262 g/mol. The Kier molecular flexibility index (Phi) is 5.80. The van der Waals surface area contributed by atoms with Crippen molar-refractivity contribution < 1.29 is 9.90 Å². The van der Waals surface area contributed by atoms with E-state index in [-0.39, 0.29) is 17.9 Å². The summed E-state index contributed by atoms with van der Waals surface area (Å²) in [5.41, 5.74) is 1.36. The predicted octanol–water partition coefficient (Wildman–Crippen LogP) is 3.02. The van der Waals surface area contributed by atoms with Gasteiger partial charge in [-0.3, -0.25) is 4.79 Å². The van der Waals surface area contributed by atoms with Crippen LogP contribution in [-0.2, 0) is 11.2 Å². The van der Waals surface area contributed by atoms with Gasteiger partial charge in [-0.1, -0.05) is 37.3 Å². The molecular formula is C18H27NO2. The third-order valence-electron chi connectivity index (χ3n) is 4.96. The number of carbonyl (C=O) groups excluding carboxylic acids is 1. The van der Waals surface area contributed by atoms with E-state index in [0.717, 1.165) is 45.2 Å². The van der Waals surface area contributed by atoms with Crippen LogP contribution in [0.4, 0.5) is 0 Å². The molecule has 1 aliphatic heterocycles. The van der Waals surface area contributed by atoms with E-state index in [4.69, 9.17) is 0 Å². The van der Waals surface area contributed by atoms with Gasteiger partial charge in [-0.15, -0.1) is 0 Å². The summed E-state index contributed by atoms with van der Waals surface area (Å²) in [6.07, 6.45) is 5.38. The minimum atomic E-state index is 0.0564. The molecule has 1 fully saturated rings. The fourth-order valence-electron chi connectivity index (χ4n) is 3.10. The first-order valence-corrected chi connectivity index (χ1v) is 8.12. The Labute approximate surface area is 128 Å². The standard InChI is InChI=1S/C18H27NO2/c1-2-18(15-20)11-13-19(14-12-18)17(21)10-6-9-16-7-4-3-5-8-16/h3-5,7-8,20H,2,6,9-15H2,1H3. The van der Waals surface area contributed by atoms with Crippen molar-refractivity contribution in [2.24, 2.45) is 5.41 Å². The number of nitrogens with zero attached hydrogens (tertiary/aromatic N) is 1. The number of aliphatic hydroxyl groups excluding tert-OH is 1. The summed E-state index contributed by atoms with van der Waals surface area (Å²) in [6.45, 7) is 3.99. The molecule has 0 saturated carbocycles. The lowest BCUT2D eigenvalue weighted by molar-refractivity contribution is -0.134. The second kappa shape index (κ2) is 7.60. The number of aryl methyl sites for hydroxylation is 1. The molecule has 1 heterocycles. The summed E-state index contributed by atoms with van der Waals surface area (Å²) in [5.74, 6) is 0.272. The Hall–Kier alpha value is -1.35. The molecule has 0 aliphatic carbocycles. The number of amides is 1. The molecule has 0 atom stereocenters. The first kappa shape index (κ1) is 16.0. The van der Waals surface area contributed by atoms with Crippen LogP contribution in [0.25, 0.3) is 0 Å². The summed E-state index contributed by atoms with van der Waals surface area (Å²) in [7, 11) is 0. The van der Waals surface area contributed by atoms with Gasteiger partial charge in [0, 0.05) is 26.1 Å². The number of aliphatic hydroxyl groups is 1. The maximum atomic E-state index is 12.2. The van der Waals surface area contributed by atoms with Gasteiger partial charge in [0.2, 0.25) is 5.91 Å². The number of likely N-dealkylation sites (tertiary alicyclic amines) is 1. The molecule has 1 aliphatic rings. The van der Waals surface area contributed by atoms with Gasteiger partial charge < -0.3 is 10.0 Å². The molecule has 1 aromatic carbocycles. The third kappa shape index (κ3) is 4.31. The van der Waals surface area contributed by atoms with Gasteiger partial charge in [0.15, 0.2) is 0 Å². The van der Waals surface area contributed by atoms with Gasteiger partial charge in [0.1, 0.15) is 0 Å². The molecule has 116 valence electrons. The monoisotopic (exact) mass is 289 g/mol. The Morgan fingerprint density at radius 1 is 1.24 bits per heavy atom. The normalized spacial score (nSPS) is 17.7. The number of hydrogen-bond acceptors (Lipinski definition) is 2. The van der Waals surface area contributed by atoms with Crippen molar-refractivity contribution in [1.29, 1.82) is 0 Å². The second-order valence-corrected chi connectivity index (χ2v) is 6.23. The van der Waals surface area contributed by atoms with Crippen molar-refractivity contribution in [1.82, 2.24) is 4.90 Å². The van der Waals surface area contributed by atoms with Gasteiger partial charge in [-0.2, -0.15) is 0 Å². The molecule has 3 nitrogen and oxygen atoms in total. The Bertz CT molecular complexity index is 430. The summed E-state index contributed by atoms with van der Waals surface area (Å²) in [5, 5.41) is 9.53. The van der Waals surface area contributed by atoms with E-state index in [2.05, 4.69) is 19.1 Å². The first-order chi connectivity index (χ1) is 10.2. The quantitative estimate of drug-likeness (QED) is 0.874. The predicted molar refractivity (Wildman–Crippen MR) is 85.0 cm³/mol. The van der Waals surface area contributed by atoms with Crippen LogP contribution in [0.1, 0.15) is 44.6 Å². The Balaban J connectivity index is 1.73. The summed E-state index contributed by atoms with van der Waals surface area (Å²) in [4.78, 5) is 14.2. The topological polar surface area (TPSA) is 40.5 Å². The molecule has 21 heavy (non-hydrogen) atoms. The van der Waals surface area contributed by atoms with Crippen LogP contribution >= 0.6 is 0 Å². The van der Waals surface area contributed by atoms with E-state index in [9.17, 15) is 9.90 Å². The fourth-order valence-corrected chi connectivity index (χ4v) is 3.10. The number of hydrogen-bond donors (Lipinski definition) is 1. The van der Waals surface area contributed by atoms with Crippen LogP contribution in [-0.4, -0.2) is 35.6 Å². The highest BCUT2D eigenvalue weighted by Crippen LogP contribution is 2.34. The van der Waals surface area contributed by atoms with Gasteiger partial charge in [0.05, 0.1) is 0 Å². The summed E-state index contributed by atoms with van der Waals surface area (Å²) >= 11 is 0. The van der Waals surface area contributed by atoms with E-state index >= 15 is 0 Å². The maximum absolute atomic E-state index is 12.2. The zero-order valence-corrected chi connectivity index (χ0v) is 13.1. The molecule has 3 heteroatoms. The van der Waals surface area contributed by atoms with Crippen molar-refractivity contribution in [3.8, 4) is 0 Å². The third-order valence-corrected chi connectivity index (χ3v) is 4.96. The molecule has 1 N–H and O–H groups in total. The highest BCUT2D eigenvalue weighted by molar-refractivity contribution is 5.76. The van der Waals surface area contributed by atoms with Crippen LogP contribution in [0.3, 0.4) is 0 Å². The van der Waals surface area contributed by atoms with Crippen molar-refractivity contribution >= 4 is 5.91 Å². The minimum Gasteiger partial charge on any atom is -0.396 e. The molecule has 0 unspecified atom stereocenters. The van der Waals surface area contributed by atoms with Crippen molar-refractivity contribution in [2.45, 2.75) is 45.4 Å². The van der Waals surface area contributed by atoms with E-state index in [1.165, 1.54) is 5.56 Å². The SMILES string of the molecule is CCC1(CO)CCN(C(=O)CCCc2ccccc2)CC1. The Morgan fingerprint density at radius 3 is 2.48 bits per heavy atom. The smallest absolute Gasteiger partial charge is 0.222 e. The number of piperidine rings is 1. The van der Waals surface area contributed by atoms with Gasteiger partial charge >= 0.3 is 0 Å². The van der Waals surface area contributed by atoms with Gasteiger partial charge in [-0.25, -0.2) is 0 Å². The highest BCUT2D eigenvalue weighted by Gasteiger charge is 2.33. The maximum Gasteiger partial charge on any atom is 0.222 e. The lowest BCUT2D eigenvalue weighted by Crippen LogP contribution is -2.44. The number of carbonyl (C=O) groups is 1. The van der Waals surface area contributed by atoms with Crippen LogP contribution in [0.2, 0.25) is 0 Å². The van der Waals surface area contributed by atoms with Crippen LogP contribution in [0.15, 0.2) is 30.3 Å². The minimum absolute atomic E-state index is 0.0564. The average Bonchev–Trinajstić information content (AvgIpc) is 2.56. The summed E-state index contributed by atoms with van der Waals surface area (Å²) < 4.78 is 0. The largest absolute Gasteiger partial charge is 0.396 e. The molecule has 0 bridgehead atoms. The lowest BCUT2D eigenvalue weighted by atomic mass is 9.77. The van der Waals surface area contributed by atoms with E-state index in [1.807, 2.05) is 23.1 Å². The van der Waals surface area contributed by atoms with E-state index in [1.54, 1.807) is 0 Å². The van der Waals surface area contributed by atoms with Crippen LogP contribution in [0, 0.1) is 5.41 Å². The Morgan fingerprint density at radius 2 is 1.90 bits per heavy atom. The zero-order chi connectivity index (χ0) is 15.1. The van der Waals surface area contributed by atoms with E-state index in [0.29, 0.717) is 6.42 Å². The molecule has 2 rings (SSSR count). The van der Waals surface area contributed by atoms with E-state index < -0.39 is 0 Å². The van der Waals surface area contributed by atoms with Crippen molar-refractivity contribution in [3.63, 3.8) is 0 Å². The second-order valence-electron chi connectivity index (χ2n) is 6.23.